The molecule has 20 heavy (non-hydrogen) atoms. The van der Waals surface area contributed by atoms with Gasteiger partial charge >= 0.3 is 5.97 Å². The molecule has 10 heteroatoms. The van der Waals surface area contributed by atoms with Gasteiger partial charge in [-0.2, -0.15) is 0 Å². The van der Waals surface area contributed by atoms with E-state index in [9.17, 15) is 18.3 Å². The molecule has 8 nitrogen and oxygen atoms in total. The summed E-state index contributed by atoms with van der Waals surface area (Å²) in [6.07, 6.45) is 0.647. The lowest BCUT2D eigenvalue weighted by atomic mass is 9.93. The van der Waals surface area contributed by atoms with Crippen molar-refractivity contribution in [2.75, 3.05) is 19.8 Å². The van der Waals surface area contributed by atoms with E-state index in [1.165, 1.54) is 0 Å². The molecule has 1 fully saturated rings. The Balaban J connectivity index is 2.30. The molecule has 1 aliphatic heterocycles. The predicted octanol–water partition coefficient (Wildman–Crippen LogP) is -0.339. The number of aromatic carboxylic acids is 1. The van der Waals surface area contributed by atoms with E-state index in [1.54, 1.807) is 0 Å². The topological polar surface area (TPSA) is 126 Å². The van der Waals surface area contributed by atoms with Gasteiger partial charge in [0.15, 0.2) is 9.90 Å². The van der Waals surface area contributed by atoms with E-state index in [0.29, 0.717) is 26.1 Å². The number of hydrogen-bond donors (Lipinski definition) is 3. The van der Waals surface area contributed by atoms with Gasteiger partial charge in [0.1, 0.15) is 0 Å². The van der Waals surface area contributed by atoms with Gasteiger partial charge in [-0.05, 0) is 12.8 Å². The molecule has 0 aromatic carbocycles. The van der Waals surface area contributed by atoms with Crippen molar-refractivity contribution in [1.82, 2.24) is 9.71 Å². The van der Waals surface area contributed by atoms with Crippen LogP contribution in [-0.4, -0.2) is 54.9 Å². The average molecular weight is 322 g/mol. The number of thiazole rings is 1. The van der Waals surface area contributed by atoms with Crippen LogP contribution in [0.25, 0.3) is 0 Å². The van der Waals surface area contributed by atoms with Crippen LogP contribution in [0.4, 0.5) is 0 Å². The normalized spacial score (nSPS) is 18.9. The van der Waals surface area contributed by atoms with Gasteiger partial charge in [-0.25, -0.2) is 22.9 Å². The SMILES string of the molecule is O=C(O)c1ncsc1S(=O)(=O)NC1(CO)CCOCC1. The van der Waals surface area contributed by atoms with Crippen LogP contribution in [0.2, 0.25) is 0 Å². The molecule has 0 unspecified atom stereocenters. The van der Waals surface area contributed by atoms with Crippen molar-refractivity contribution in [3.8, 4) is 0 Å². The van der Waals surface area contributed by atoms with Gasteiger partial charge in [0, 0.05) is 13.2 Å². The first-order chi connectivity index (χ1) is 9.40. The van der Waals surface area contributed by atoms with Gasteiger partial charge in [-0.15, -0.1) is 11.3 Å². The minimum atomic E-state index is -4.05. The number of hydrogen-bond acceptors (Lipinski definition) is 7. The lowest BCUT2D eigenvalue weighted by Gasteiger charge is -2.35. The lowest BCUT2D eigenvalue weighted by molar-refractivity contribution is 0.0223. The maximum absolute atomic E-state index is 12.3. The van der Waals surface area contributed by atoms with E-state index in [2.05, 4.69) is 9.71 Å². The zero-order valence-electron chi connectivity index (χ0n) is 10.4. The summed E-state index contributed by atoms with van der Waals surface area (Å²) in [7, 11) is -4.05. The number of carboxylic acid groups (broad SMARTS) is 1. The van der Waals surface area contributed by atoms with Crippen LogP contribution in [0.5, 0.6) is 0 Å². The maximum atomic E-state index is 12.3. The molecule has 0 aliphatic carbocycles. The molecule has 0 amide bonds. The molecule has 0 spiro atoms. The van der Waals surface area contributed by atoms with Crippen LogP contribution in [0.15, 0.2) is 9.72 Å². The average Bonchev–Trinajstić information content (AvgIpc) is 2.89. The summed E-state index contributed by atoms with van der Waals surface area (Å²) >= 11 is 0.727. The third-order valence-electron chi connectivity index (χ3n) is 3.08. The van der Waals surface area contributed by atoms with Gasteiger partial charge in [0.05, 0.1) is 17.7 Å². The molecule has 2 heterocycles. The summed E-state index contributed by atoms with van der Waals surface area (Å²) in [5.41, 5.74) is -0.368. The third-order valence-corrected chi connectivity index (χ3v) is 6.03. The Morgan fingerprint density at radius 3 is 2.70 bits per heavy atom. The second-order valence-corrected chi connectivity index (χ2v) is 7.18. The van der Waals surface area contributed by atoms with Crippen LogP contribution in [0, 0.1) is 0 Å². The Labute approximate surface area is 119 Å². The molecule has 0 bridgehead atoms. The summed E-state index contributed by atoms with van der Waals surface area (Å²) in [5, 5.41) is 18.4. The molecule has 1 saturated heterocycles. The Morgan fingerprint density at radius 1 is 1.50 bits per heavy atom. The first kappa shape index (κ1) is 15.3. The van der Waals surface area contributed by atoms with Gasteiger partial charge in [-0.1, -0.05) is 0 Å². The summed E-state index contributed by atoms with van der Waals surface area (Å²) in [6.45, 7) is 0.284. The minimum Gasteiger partial charge on any atom is -0.476 e. The van der Waals surface area contributed by atoms with E-state index >= 15 is 0 Å². The fraction of sp³-hybridized carbons (Fsp3) is 0.600. The Kier molecular flexibility index (Phi) is 4.39. The highest BCUT2D eigenvalue weighted by Gasteiger charge is 2.38. The van der Waals surface area contributed by atoms with E-state index in [4.69, 9.17) is 9.84 Å². The number of aliphatic hydroxyl groups excluding tert-OH is 1. The second-order valence-electron chi connectivity index (χ2n) is 4.45. The summed E-state index contributed by atoms with van der Waals surface area (Å²) in [4.78, 5) is 14.5. The zero-order chi connectivity index (χ0) is 14.8. The number of sulfonamides is 1. The number of aromatic nitrogens is 1. The Hall–Kier alpha value is -1.07. The van der Waals surface area contributed by atoms with E-state index in [-0.39, 0.29) is 10.8 Å². The Bertz CT molecular complexity index is 591. The Morgan fingerprint density at radius 2 is 2.15 bits per heavy atom. The van der Waals surface area contributed by atoms with E-state index in [1.807, 2.05) is 0 Å². The summed E-state index contributed by atoms with van der Waals surface area (Å²) in [5.74, 6) is -1.41. The van der Waals surface area contributed by atoms with Crippen LogP contribution in [0.1, 0.15) is 23.3 Å². The van der Waals surface area contributed by atoms with Gasteiger partial charge in [0.2, 0.25) is 0 Å². The molecule has 1 aliphatic rings. The van der Waals surface area contributed by atoms with Crippen molar-refractivity contribution in [3.63, 3.8) is 0 Å². The van der Waals surface area contributed by atoms with Crippen molar-refractivity contribution >= 4 is 27.3 Å². The van der Waals surface area contributed by atoms with Crippen LogP contribution in [-0.2, 0) is 14.8 Å². The van der Waals surface area contributed by atoms with Crippen molar-refractivity contribution in [1.29, 1.82) is 0 Å². The van der Waals surface area contributed by atoms with Gasteiger partial charge < -0.3 is 14.9 Å². The van der Waals surface area contributed by atoms with Crippen molar-refractivity contribution < 1.29 is 28.2 Å². The van der Waals surface area contributed by atoms with Crippen LogP contribution in [0.3, 0.4) is 0 Å². The molecular formula is C10H14N2O6S2. The van der Waals surface area contributed by atoms with E-state index < -0.39 is 27.2 Å². The fourth-order valence-corrected chi connectivity index (χ4v) is 4.55. The zero-order valence-corrected chi connectivity index (χ0v) is 12.0. The number of rotatable bonds is 5. The number of aliphatic hydroxyl groups is 1. The molecule has 1 aromatic heterocycles. The quantitative estimate of drug-likeness (QED) is 0.677. The van der Waals surface area contributed by atoms with Crippen molar-refractivity contribution in [2.24, 2.45) is 0 Å². The monoisotopic (exact) mass is 322 g/mol. The van der Waals surface area contributed by atoms with Crippen molar-refractivity contribution in [3.05, 3.63) is 11.2 Å². The maximum Gasteiger partial charge on any atom is 0.356 e. The molecular weight excluding hydrogens is 308 g/mol. The fourth-order valence-electron chi connectivity index (χ4n) is 1.95. The molecule has 0 atom stereocenters. The predicted molar refractivity (Wildman–Crippen MR) is 69.3 cm³/mol. The molecule has 112 valence electrons. The van der Waals surface area contributed by atoms with E-state index in [0.717, 1.165) is 16.8 Å². The first-order valence-electron chi connectivity index (χ1n) is 5.80. The summed E-state index contributed by atoms with van der Waals surface area (Å²) < 4.78 is 31.8. The smallest absolute Gasteiger partial charge is 0.356 e. The van der Waals surface area contributed by atoms with Gasteiger partial charge in [0.25, 0.3) is 10.0 Å². The highest BCUT2D eigenvalue weighted by Crippen LogP contribution is 2.26. The molecule has 1 aromatic rings. The number of ether oxygens (including phenoxy) is 1. The summed E-state index contributed by atoms with van der Waals surface area (Å²) in [6, 6.07) is 0. The van der Waals surface area contributed by atoms with Gasteiger partial charge in [-0.3, -0.25) is 0 Å². The molecule has 0 radical (unpaired) electrons. The molecule has 2 rings (SSSR count). The second kappa shape index (κ2) is 5.74. The highest BCUT2D eigenvalue weighted by atomic mass is 32.2. The molecule has 0 saturated carbocycles. The standard InChI is InChI=1S/C10H14N2O6S2/c13-5-10(1-3-18-4-2-10)12-20(16,17)9-7(8(14)15)11-6-19-9/h6,12-13H,1-5H2,(H,14,15). The lowest BCUT2D eigenvalue weighted by Crippen LogP contribution is -2.54. The minimum absolute atomic E-state index is 0.323. The van der Waals surface area contributed by atoms with Crippen LogP contribution < -0.4 is 4.72 Å². The van der Waals surface area contributed by atoms with Crippen molar-refractivity contribution in [2.45, 2.75) is 22.6 Å². The number of carboxylic acids is 1. The number of nitrogens with zero attached hydrogens (tertiary/aromatic N) is 1. The number of nitrogens with one attached hydrogen (secondary N) is 1. The highest BCUT2D eigenvalue weighted by molar-refractivity contribution is 7.91. The first-order valence-corrected chi connectivity index (χ1v) is 8.16. The number of carbonyl (C=O) groups is 1. The molecule has 3 N–H and O–H groups in total. The van der Waals surface area contributed by atoms with Crippen LogP contribution >= 0.6 is 11.3 Å². The third kappa shape index (κ3) is 2.99. The largest absolute Gasteiger partial charge is 0.476 e.